The zero-order chi connectivity index (χ0) is 52.1. The average Bonchev–Trinajstić information content (AvgIpc) is 3.74. The van der Waals surface area contributed by atoms with E-state index in [2.05, 4.69) is 111 Å². The van der Waals surface area contributed by atoms with E-state index in [1.54, 1.807) is 29.8 Å². The Balaban J connectivity index is 0.00000641. The number of aryl methyl sites for hydroxylation is 1. The Bertz CT molecular complexity index is 3660. The van der Waals surface area contributed by atoms with E-state index in [1.807, 2.05) is 53.6 Å². The fourth-order valence-electron chi connectivity index (χ4n) is 8.51. The first-order chi connectivity index (χ1) is 35.4. The predicted octanol–water partition coefficient (Wildman–Crippen LogP) is 16.3. The van der Waals surface area contributed by atoms with Crippen LogP contribution >= 0.6 is 11.8 Å². The molecule has 0 unspecified atom stereocenters. The fraction of sp³-hybridized carbons (Fsp3) is 0.0847. The van der Waals surface area contributed by atoms with Gasteiger partial charge >= 0.3 is 0 Å². The fourth-order valence-corrected chi connectivity index (χ4v) is 9.33. The smallest absolute Gasteiger partial charge is 0.135 e. The summed E-state index contributed by atoms with van der Waals surface area (Å²) in [6, 6.07) is 44.1. The molecule has 0 radical (unpaired) electrons. The van der Waals surface area contributed by atoms with Gasteiger partial charge in [-0.2, -0.15) is 24.3 Å². The molecule has 3 heterocycles. The standard InChI is InChI=1S/C59H45N4S.Pd/c1-40-29-31-49-51-32-30-46(38-56(51)63(53-26-12-11-23-50(53)52(49)35-40)57-36-43(33-34-60-57)59(2,3)4)64-45-22-15-21-44(37-45)61-39-62(55-28-14-13-27-54(55)61)58-47(41-17-7-5-8-18-41)24-16-25-48(58)42-19-9-6-10-20-42;/h5-36,39H,1-4H3;/q-3;/i5D,6D,7D,8D,9D,10D,17D,18D,19D,20D;. The van der Waals surface area contributed by atoms with E-state index >= 15 is 0 Å². The third-order valence-electron chi connectivity index (χ3n) is 11.5. The molecule has 0 amide bonds. The van der Waals surface area contributed by atoms with Crippen LogP contribution in [0.25, 0.3) is 44.5 Å². The molecule has 0 saturated heterocycles. The van der Waals surface area contributed by atoms with Crippen LogP contribution < -0.4 is 14.7 Å². The monoisotopic (exact) mass is 957 g/mol. The van der Waals surface area contributed by atoms with Crippen LogP contribution in [0.2, 0.25) is 0 Å². The van der Waals surface area contributed by atoms with Crippen molar-refractivity contribution >= 4 is 51.7 Å². The second kappa shape index (κ2) is 17.4. The summed E-state index contributed by atoms with van der Waals surface area (Å²) in [6.07, 6.45) is 1.87. The van der Waals surface area contributed by atoms with Crippen molar-refractivity contribution in [2.45, 2.75) is 42.9 Å². The number of rotatable bonds is 7. The molecule has 65 heavy (non-hydrogen) atoms. The molecule has 11 rings (SSSR count). The number of fused-ring (bicyclic) bond motifs is 6. The first-order valence-electron chi connectivity index (χ1n) is 26.0. The molecule has 0 N–H and O–H groups in total. The van der Waals surface area contributed by atoms with Crippen molar-refractivity contribution in [1.82, 2.24) is 4.98 Å². The minimum Gasteiger partial charge on any atom is -0.493 e. The number of aromatic nitrogens is 1. The number of nitrogens with zero attached hydrogens (tertiary/aromatic N) is 4. The number of hydrogen-bond donors (Lipinski definition) is 0. The van der Waals surface area contributed by atoms with Crippen LogP contribution in [-0.2, 0) is 25.8 Å². The van der Waals surface area contributed by atoms with E-state index in [4.69, 9.17) is 18.7 Å². The number of hydrogen-bond acceptors (Lipinski definition) is 5. The molecule has 0 atom stereocenters. The van der Waals surface area contributed by atoms with Crippen molar-refractivity contribution in [1.29, 1.82) is 0 Å². The van der Waals surface area contributed by atoms with Crippen molar-refractivity contribution in [3.8, 4) is 44.5 Å². The van der Waals surface area contributed by atoms with E-state index in [9.17, 15) is 0 Å². The maximum absolute atomic E-state index is 9.07. The first kappa shape index (κ1) is 32.1. The van der Waals surface area contributed by atoms with Gasteiger partial charge in [-0.3, -0.25) is 0 Å². The number of benzene rings is 8. The van der Waals surface area contributed by atoms with Gasteiger partial charge in [0.05, 0.1) is 19.4 Å². The second-order valence-corrected chi connectivity index (χ2v) is 17.8. The van der Waals surface area contributed by atoms with Crippen molar-refractivity contribution in [2.75, 3.05) is 14.7 Å². The summed E-state index contributed by atoms with van der Waals surface area (Å²) < 4.78 is 87.4. The average molecular weight is 959 g/mol. The summed E-state index contributed by atoms with van der Waals surface area (Å²) in [5.74, 6) is 0.776. The molecular formula is C59H45N4PdS-3. The Hall–Kier alpha value is -6.68. The normalized spacial score (nSPS) is 14.9. The van der Waals surface area contributed by atoms with Crippen LogP contribution in [0, 0.1) is 25.7 Å². The predicted molar refractivity (Wildman–Crippen MR) is 267 cm³/mol. The molecule has 0 spiro atoms. The third-order valence-corrected chi connectivity index (χ3v) is 12.5. The molecule has 4 nitrogen and oxygen atoms in total. The Morgan fingerprint density at radius 2 is 1.18 bits per heavy atom. The zero-order valence-electron chi connectivity index (χ0n) is 45.8. The molecule has 2 aliphatic heterocycles. The summed E-state index contributed by atoms with van der Waals surface area (Å²) in [5, 5.41) is 0. The van der Waals surface area contributed by atoms with Gasteiger partial charge in [0.2, 0.25) is 0 Å². The Morgan fingerprint density at radius 3 is 1.89 bits per heavy atom. The Morgan fingerprint density at radius 1 is 0.569 bits per heavy atom. The molecule has 320 valence electrons. The van der Waals surface area contributed by atoms with E-state index < -0.39 is 60.4 Å². The van der Waals surface area contributed by atoms with Crippen LogP contribution in [0.4, 0.5) is 39.9 Å². The minimum atomic E-state index is -0.556. The van der Waals surface area contributed by atoms with Gasteiger partial charge in [0, 0.05) is 60.4 Å². The van der Waals surface area contributed by atoms with E-state index in [1.165, 1.54) is 11.8 Å². The van der Waals surface area contributed by atoms with Gasteiger partial charge in [-0.05, 0) is 64.9 Å². The second-order valence-electron chi connectivity index (χ2n) is 16.7. The van der Waals surface area contributed by atoms with Crippen LogP contribution in [0.3, 0.4) is 0 Å². The van der Waals surface area contributed by atoms with Gasteiger partial charge in [-0.15, -0.1) is 57.7 Å². The van der Waals surface area contributed by atoms with E-state index in [-0.39, 0.29) is 53.8 Å². The van der Waals surface area contributed by atoms with Gasteiger partial charge in [0.25, 0.3) is 0 Å². The Labute approximate surface area is 415 Å². The first-order valence-corrected chi connectivity index (χ1v) is 21.8. The molecule has 2 aliphatic rings. The maximum Gasteiger partial charge on any atom is 0.135 e. The molecule has 1 aromatic heterocycles. The summed E-state index contributed by atoms with van der Waals surface area (Å²) in [6.45, 7) is 10.5. The number of anilines is 7. The number of para-hydroxylation sites is 4. The van der Waals surface area contributed by atoms with Gasteiger partial charge in [0.1, 0.15) is 5.82 Å². The molecule has 8 aromatic carbocycles. The van der Waals surface area contributed by atoms with Gasteiger partial charge < -0.3 is 14.7 Å². The molecule has 9 aromatic rings. The quantitative estimate of drug-likeness (QED) is 0.117. The van der Waals surface area contributed by atoms with Crippen LogP contribution in [0.1, 0.15) is 45.6 Å². The molecule has 0 fully saturated rings. The largest absolute Gasteiger partial charge is 0.493 e. The van der Waals surface area contributed by atoms with Crippen molar-refractivity contribution < 1.29 is 34.1 Å². The van der Waals surface area contributed by atoms with Crippen molar-refractivity contribution in [3.05, 3.63) is 224 Å². The van der Waals surface area contributed by atoms with Crippen LogP contribution in [0.15, 0.2) is 204 Å². The summed E-state index contributed by atoms with van der Waals surface area (Å²) >= 11 is 1.50. The van der Waals surface area contributed by atoms with Crippen LogP contribution in [-0.4, -0.2) is 4.98 Å². The molecule has 6 heteroatoms. The third kappa shape index (κ3) is 7.87. The topological polar surface area (TPSA) is 22.6 Å². The minimum absolute atomic E-state index is 0. The molecular weight excluding hydrogens is 903 g/mol. The van der Waals surface area contributed by atoms with Gasteiger partial charge in [0.15, 0.2) is 0 Å². The van der Waals surface area contributed by atoms with Crippen LogP contribution in [0.5, 0.6) is 0 Å². The summed E-state index contributed by atoms with van der Waals surface area (Å²) in [5.41, 5.74) is 10.7. The van der Waals surface area contributed by atoms with Gasteiger partial charge in [-0.25, -0.2) is 4.98 Å². The maximum atomic E-state index is 9.07. The van der Waals surface area contributed by atoms with E-state index in [0.29, 0.717) is 17.1 Å². The SMILES string of the molecule is [2H]c1c([2H])c([2H])c(-c2cccc(-c3c([2H])c([2H])c([2H])c([2H])c3[2H])c2N2[CH-]N(c3[c-]c(Sc4[c-]c5c(cc4)-c4ccc(C)cc4-c4ccccc4N5c4cc(C(C)(C)C)ccn4)ccc3)c3ccccc32)c([2H])c1[2H].[Pd]. The van der Waals surface area contributed by atoms with Crippen molar-refractivity contribution in [3.63, 3.8) is 0 Å². The summed E-state index contributed by atoms with van der Waals surface area (Å²) in [7, 11) is 0. The molecule has 0 aliphatic carbocycles. The number of pyridine rings is 1. The zero-order valence-corrected chi connectivity index (χ0v) is 38.2. The van der Waals surface area contributed by atoms with Crippen molar-refractivity contribution in [2.24, 2.45) is 0 Å². The van der Waals surface area contributed by atoms with E-state index in [0.717, 1.165) is 60.4 Å². The molecule has 0 saturated carbocycles. The molecule has 0 bridgehead atoms. The van der Waals surface area contributed by atoms with Gasteiger partial charge in [-0.1, -0.05) is 165 Å². The Kier molecular flexibility index (Phi) is 8.56. The summed E-state index contributed by atoms with van der Waals surface area (Å²) in [4.78, 5) is 12.5.